The molecule has 0 aromatic heterocycles. The first-order chi connectivity index (χ1) is 5.80. The molecule has 2 unspecified atom stereocenters. The van der Waals surface area contributed by atoms with E-state index in [1.165, 1.54) is 0 Å². The van der Waals surface area contributed by atoms with Crippen molar-refractivity contribution in [2.24, 2.45) is 0 Å². The molecule has 70 valence electrons. The molecule has 1 aliphatic rings. The Morgan fingerprint density at radius 3 is 2.00 bits per heavy atom. The summed E-state index contributed by atoms with van der Waals surface area (Å²) in [5.41, 5.74) is 0. The predicted octanol–water partition coefficient (Wildman–Crippen LogP) is 4.09. The fourth-order valence-electron chi connectivity index (χ4n) is 0.776. The van der Waals surface area contributed by atoms with Crippen LogP contribution in [-0.2, 0) is 0 Å². The lowest BCUT2D eigenvalue weighted by Crippen LogP contribution is -2.37. The van der Waals surface area contributed by atoms with E-state index in [0.717, 1.165) is 0 Å². The zero-order chi connectivity index (χ0) is 10.4. The zero-order valence-corrected chi connectivity index (χ0v) is 11.6. The maximum atomic E-state index is 6.01. The molecule has 7 heteroatoms. The molecule has 0 aromatic rings. The van der Waals surface area contributed by atoms with Crippen molar-refractivity contribution in [2.45, 2.75) is 9.11 Å². The highest BCUT2D eigenvalue weighted by Gasteiger charge is 2.41. The Morgan fingerprint density at radius 2 is 1.54 bits per heavy atom. The van der Waals surface area contributed by atoms with E-state index in [2.05, 4.69) is 16.3 Å². The van der Waals surface area contributed by atoms with Gasteiger partial charge in [-0.2, -0.15) is 0 Å². The Morgan fingerprint density at radius 1 is 1.08 bits per heavy atom. The minimum absolute atomic E-state index is 0.134. The van der Waals surface area contributed by atoms with Crippen molar-refractivity contribution in [1.82, 2.24) is 0 Å². The van der Waals surface area contributed by atoms with Gasteiger partial charge in [0.2, 0.25) is 0 Å². The van der Waals surface area contributed by atoms with Gasteiger partial charge in [0.1, 0.15) is 0 Å². The molecular weight excluding hydrogens is 312 g/mol. The molecule has 2 atom stereocenters. The number of rotatable bonds is 0. The van der Waals surface area contributed by atoms with Gasteiger partial charge in [0.25, 0.3) is 0 Å². The predicted molar refractivity (Wildman–Crippen MR) is 61.4 cm³/mol. The summed E-state index contributed by atoms with van der Waals surface area (Å²) in [4.78, 5) is 0. The van der Waals surface area contributed by atoms with E-state index in [-0.39, 0.29) is 20.1 Å². The van der Waals surface area contributed by atoms with E-state index in [1.54, 1.807) is 0 Å². The van der Waals surface area contributed by atoms with Gasteiger partial charge in [-0.3, -0.25) is 0 Å². The van der Waals surface area contributed by atoms with Crippen LogP contribution in [0.2, 0.25) is 0 Å². The first kappa shape index (κ1) is 12.8. The first-order valence-electron chi connectivity index (χ1n) is 3.03. The Kier molecular flexibility index (Phi) is 4.26. The van der Waals surface area contributed by atoms with Gasteiger partial charge in [-0.25, -0.2) is 0 Å². The molecule has 1 rings (SSSR count). The molecule has 0 saturated heterocycles. The third-order valence-corrected chi connectivity index (χ3v) is 5.80. The lowest BCUT2D eigenvalue weighted by Gasteiger charge is -2.33. The quantitative estimate of drug-likeness (QED) is 0.467. The Labute approximate surface area is 114 Å². The van der Waals surface area contributed by atoms with Gasteiger partial charge < -0.3 is 0 Å². The Balaban J connectivity index is 3.32. The lowest BCUT2D eigenvalue weighted by molar-refractivity contribution is 0.926. The number of hydrogen-bond donors (Lipinski definition) is 0. The van der Waals surface area contributed by atoms with Gasteiger partial charge in [0.05, 0.1) is 20.5 Å². The van der Waals surface area contributed by atoms with Crippen LogP contribution in [0.15, 0.2) is 20.1 Å². The molecule has 0 aromatic carbocycles. The summed E-state index contributed by atoms with van der Waals surface area (Å²) in [6, 6.07) is 0. The van der Waals surface area contributed by atoms with Crippen LogP contribution < -0.4 is 0 Å². The van der Waals surface area contributed by atoms with Crippen molar-refractivity contribution in [3.8, 4) is 0 Å². The number of allylic oxidation sites excluding steroid dienone is 4. The molecule has 0 N–H and O–H groups in total. The van der Waals surface area contributed by atoms with Crippen molar-refractivity contribution < 1.29 is 0 Å². The van der Waals surface area contributed by atoms with E-state index in [0.29, 0.717) is 0 Å². The Hall–Kier alpha value is 1.75. The molecule has 0 bridgehead atoms. The van der Waals surface area contributed by atoms with E-state index >= 15 is 0 Å². The second-order valence-corrected chi connectivity index (χ2v) is 6.30. The summed E-state index contributed by atoms with van der Waals surface area (Å²) in [5, 5.41) is -0.0522. The molecule has 0 saturated carbocycles. The molecular formula is C6HAlCl6. The SMILES string of the molecule is [Al][C]1(Cl)C(Cl)=C(Cl)C(Cl)=C(Cl)C1Cl. The molecule has 1 aliphatic carbocycles. The fourth-order valence-corrected chi connectivity index (χ4v) is 2.95. The molecule has 0 aliphatic heterocycles. The minimum Gasteiger partial charge on any atom is -0.131 e. The van der Waals surface area contributed by atoms with Crippen LogP contribution in [0.4, 0.5) is 0 Å². The maximum Gasteiger partial charge on any atom is 0.169 e. The van der Waals surface area contributed by atoms with Crippen LogP contribution in [-0.4, -0.2) is 25.4 Å². The zero-order valence-electron chi connectivity index (χ0n) is 5.92. The van der Waals surface area contributed by atoms with Crippen LogP contribution >= 0.6 is 69.6 Å². The molecule has 2 radical (unpaired) electrons. The largest absolute Gasteiger partial charge is 0.169 e. The van der Waals surface area contributed by atoms with Gasteiger partial charge in [-0.05, 0) is 0 Å². The number of hydrogen-bond acceptors (Lipinski definition) is 0. The second kappa shape index (κ2) is 4.32. The van der Waals surface area contributed by atoms with Crippen molar-refractivity contribution in [3.63, 3.8) is 0 Å². The highest BCUT2D eigenvalue weighted by atomic mass is 35.5. The van der Waals surface area contributed by atoms with Crippen LogP contribution in [0.1, 0.15) is 0 Å². The van der Waals surface area contributed by atoms with E-state index < -0.39 is 9.11 Å². The monoisotopic (exact) mass is 310 g/mol. The third kappa shape index (κ3) is 2.15. The summed E-state index contributed by atoms with van der Waals surface area (Å²) in [6.07, 6.45) is 0. The van der Waals surface area contributed by atoms with Crippen LogP contribution in [0.5, 0.6) is 0 Å². The van der Waals surface area contributed by atoms with Crippen molar-refractivity contribution >= 4 is 85.9 Å². The molecule has 0 amide bonds. The average Bonchev–Trinajstić information content (AvgIpc) is 2.09. The topological polar surface area (TPSA) is 0 Å². The average molecular weight is 313 g/mol. The fraction of sp³-hybridized carbons (Fsp3) is 0.333. The minimum atomic E-state index is -1.09. The lowest BCUT2D eigenvalue weighted by atomic mass is 10.1. The summed E-state index contributed by atoms with van der Waals surface area (Å²) in [7, 11) is 0. The molecule has 0 heterocycles. The molecule has 0 spiro atoms. The van der Waals surface area contributed by atoms with E-state index in [1.807, 2.05) is 0 Å². The van der Waals surface area contributed by atoms with E-state index in [9.17, 15) is 0 Å². The number of halogens is 6. The highest BCUT2D eigenvalue weighted by molar-refractivity contribution is 6.63. The molecule has 0 fully saturated rings. The summed E-state index contributed by atoms with van der Waals surface area (Å²) >= 11 is 37.4. The summed E-state index contributed by atoms with van der Waals surface area (Å²) in [5.74, 6) is 0. The smallest absolute Gasteiger partial charge is 0.131 e. The van der Waals surface area contributed by atoms with Gasteiger partial charge in [0.15, 0.2) is 16.3 Å². The second-order valence-electron chi connectivity index (χ2n) is 2.42. The Bertz CT molecular complexity index is 304. The normalized spacial score (nSPS) is 35.7. The molecule has 0 nitrogen and oxygen atoms in total. The van der Waals surface area contributed by atoms with Crippen LogP contribution in [0.3, 0.4) is 0 Å². The van der Waals surface area contributed by atoms with Gasteiger partial charge >= 0.3 is 0 Å². The van der Waals surface area contributed by atoms with Crippen molar-refractivity contribution in [1.29, 1.82) is 0 Å². The summed E-state index contributed by atoms with van der Waals surface area (Å²) in [6.45, 7) is 0. The standard InChI is InChI=1S/C6HCl6.Al/c7-1-2(8)4(10)6(12)5(11)3(1)9;/h1H;. The first-order valence-corrected chi connectivity index (χ1v) is 5.93. The van der Waals surface area contributed by atoms with Crippen molar-refractivity contribution in [2.75, 3.05) is 0 Å². The van der Waals surface area contributed by atoms with Gasteiger partial charge in [-0.15, -0.1) is 23.2 Å². The van der Waals surface area contributed by atoms with E-state index in [4.69, 9.17) is 69.6 Å². The highest BCUT2D eigenvalue weighted by Crippen LogP contribution is 2.48. The summed E-state index contributed by atoms with van der Waals surface area (Å²) < 4.78 is -1.09. The van der Waals surface area contributed by atoms with Crippen molar-refractivity contribution in [3.05, 3.63) is 20.1 Å². The maximum absolute atomic E-state index is 6.01. The third-order valence-electron chi connectivity index (χ3n) is 1.52. The van der Waals surface area contributed by atoms with Gasteiger partial charge in [-0.1, -0.05) is 46.4 Å². The number of alkyl halides is 2. The van der Waals surface area contributed by atoms with Gasteiger partial charge in [0, 0.05) is 8.77 Å². The molecule has 13 heavy (non-hydrogen) atoms. The van der Waals surface area contributed by atoms with Crippen LogP contribution in [0.25, 0.3) is 0 Å². The van der Waals surface area contributed by atoms with Crippen LogP contribution in [0, 0.1) is 0 Å².